The van der Waals surface area contributed by atoms with Gasteiger partial charge in [0.15, 0.2) is 0 Å². The van der Waals surface area contributed by atoms with E-state index in [-0.39, 0.29) is 15.8 Å². The second kappa shape index (κ2) is 4.95. The van der Waals surface area contributed by atoms with Gasteiger partial charge in [0.2, 0.25) is 0 Å². The van der Waals surface area contributed by atoms with Gasteiger partial charge in [-0.2, -0.15) is 13.2 Å². The van der Waals surface area contributed by atoms with Gasteiger partial charge in [-0.1, -0.05) is 0 Å². The van der Waals surface area contributed by atoms with Gasteiger partial charge in [-0.25, -0.2) is 4.79 Å². The summed E-state index contributed by atoms with van der Waals surface area (Å²) in [5, 5.41) is 0. The molecule has 0 aromatic heterocycles. The zero-order chi connectivity index (χ0) is 13.2. The summed E-state index contributed by atoms with van der Waals surface area (Å²) in [4.78, 5) is 11.2. The molecule has 0 atom stereocenters. The molecule has 0 spiro atoms. The average Bonchev–Trinajstić information content (AvgIpc) is 2.25. The van der Waals surface area contributed by atoms with E-state index < -0.39 is 17.7 Å². The number of rotatable bonds is 2. The predicted octanol–water partition coefficient (Wildman–Crippen LogP) is 3.26. The lowest BCUT2D eigenvalue weighted by molar-refractivity contribution is -0.138. The molecule has 0 N–H and O–H groups in total. The molecule has 1 aromatic rings. The van der Waals surface area contributed by atoms with Crippen LogP contribution in [0.5, 0.6) is 5.75 Å². The van der Waals surface area contributed by atoms with Crippen LogP contribution in [-0.4, -0.2) is 20.2 Å². The Hall–Kier alpha value is -1.24. The van der Waals surface area contributed by atoms with Crippen LogP contribution >= 0.6 is 15.9 Å². The van der Waals surface area contributed by atoms with Crippen molar-refractivity contribution in [2.45, 2.75) is 6.18 Å². The summed E-state index contributed by atoms with van der Waals surface area (Å²) in [5.41, 5.74) is -1.23. The molecule has 1 rings (SSSR count). The summed E-state index contributed by atoms with van der Waals surface area (Å²) in [7, 11) is 2.21. The Labute approximate surface area is 104 Å². The van der Waals surface area contributed by atoms with E-state index in [1.807, 2.05) is 0 Å². The smallest absolute Gasteiger partial charge is 0.420 e. The number of ether oxygens (including phenoxy) is 2. The van der Waals surface area contributed by atoms with E-state index in [1.54, 1.807) is 0 Å². The van der Waals surface area contributed by atoms with Gasteiger partial charge in [-0.05, 0) is 28.1 Å². The molecule has 0 saturated carbocycles. The molecule has 17 heavy (non-hydrogen) atoms. The van der Waals surface area contributed by atoms with Crippen molar-refractivity contribution >= 4 is 21.9 Å². The molecule has 1 aromatic carbocycles. The topological polar surface area (TPSA) is 35.5 Å². The van der Waals surface area contributed by atoms with Crippen LogP contribution in [0.15, 0.2) is 16.6 Å². The molecule has 0 unspecified atom stereocenters. The minimum absolute atomic E-state index is 0.0372. The fourth-order valence-corrected chi connectivity index (χ4v) is 1.87. The molecule has 0 radical (unpaired) electrons. The second-order valence-corrected chi connectivity index (χ2v) is 3.88. The van der Waals surface area contributed by atoms with Crippen LogP contribution < -0.4 is 4.74 Å². The highest BCUT2D eigenvalue weighted by Crippen LogP contribution is 2.41. The number of benzene rings is 1. The van der Waals surface area contributed by atoms with Gasteiger partial charge in [-0.3, -0.25) is 0 Å². The third-order valence-electron chi connectivity index (χ3n) is 1.97. The summed E-state index contributed by atoms with van der Waals surface area (Å²) in [6.07, 6.45) is -4.61. The van der Waals surface area contributed by atoms with Gasteiger partial charge in [-0.15, -0.1) is 0 Å². The third kappa shape index (κ3) is 2.91. The number of halogens is 4. The van der Waals surface area contributed by atoms with Gasteiger partial charge >= 0.3 is 12.1 Å². The normalized spacial score (nSPS) is 11.2. The van der Waals surface area contributed by atoms with Crippen LogP contribution in [0.2, 0.25) is 0 Å². The Morgan fingerprint density at radius 2 is 1.88 bits per heavy atom. The van der Waals surface area contributed by atoms with E-state index in [2.05, 4.69) is 25.4 Å². The molecule has 0 aliphatic carbocycles. The Kier molecular flexibility index (Phi) is 4.03. The SMILES string of the molecule is COC(=O)c1cc(Br)c(OC)c(C(F)(F)F)c1. The quantitative estimate of drug-likeness (QED) is 0.786. The van der Waals surface area contributed by atoms with Crippen molar-refractivity contribution in [2.75, 3.05) is 14.2 Å². The molecule has 0 aliphatic rings. The highest BCUT2D eigenvalue weighted by molar-refractivity contribution is 9.10. The monoisotopic (exact) mass is 312 g/mol. The molecule has 0 amide bonds. The minimum Gasteiger partial charge on any atom is -0.495 e. The van der Waals surface area contributed by atoms with Gasteiger partial charge in [0.05, 0.1) is 29.8 Å². The van der Waals surface area contributed by atoms with E-state index in [9.17, 15) is 18.0 Å². The fourth-order valence-electron chi connectivity index (χ4n) is 1.25. The van der Waals surface area contributed by atoms with Crippen LogP contribution in [0.3, 0.4) is 0 Å². The highest BCUT2D eigenvalue weighted by atomic mass is 79.9. The number of methoxy groups -OCH3 is 2. The summed E-state index contributed by atoms with van der Waals surface area (Å²) in [6.45, 7) is 0. The fraction of sp³-hybridized carbons (Fsp3) is 0.300. The molecule has 0 heterocycles. The standard InChI is InChI=1S/C10H8BrF3O3/c1-16-8-6(10(12,13)14)3-5(4-7(8)11)9(15)17-2/h3-4H,1-2H3. The van der Waals surface area contributed by atoms with Crippen LogP contribution in [0.25, 0.3) is 0 Å². The summed E-state index contributed by atoms with van der Waals surface area (Å²) < 4.78 is 47.2. The average molecular weight is 313 g/mol. The Balaban J connectivity index is 3.44. The summed E-state index contributed by atoms with van der Waals surface area (Å²) in [6, 6.07) is 1.90. The number of hydrogen-bond donors (Lipinski definition) is 0. The molecule has 94 valence electrons. The first-order valence-corrected chi connectivity index (χ1v) is 5.13. The molecule has 7 heteroatoms. The largest absolute Gasteiger partial charge is 0.495 e. The van der Waals surface area contributed by atoms with Gasteiger partial charge in [0.25, 0.3) is 0 Å². The van der Waals surface area contributed by atoms with Gasteiger partial charge < -0.3 is 9.47 Å². The van der Waals surface area contributed by atoms with E-state index >= 15 is 0 Å². The highest BCUT2D eigenvalue weighted by Gasteiger charge is 2.36. The first-order chi connectivity index (χ1) is 7.81. The number of esters is 1. The molecule has 0 saturated heterocycles. The van der Waals surface area contributed by atoms with Crippen molar-refractivity contribution < 1.29 is 27.4 Å². The second-order valence-electron chi connectivity index (χ2n) is 3.03. The molecular weight excluding hydrogens is 305 g/mol. The number of hydrogen-bond acceptors (Lipinski definition) is 3. The van der Waals surface area contributed by atoms with E-state index in [1.165, 1.54) is 6.07 Å². The molecular formula is C10H8BrF3O3. The Morgan fingerprint density at radius 1 is 1.29 bits per heavy atom. The van der Waals surface area contributed by atoms with E-state index in [0.717, 1.165) is 14.2 Å². The zero-order valence-corrected chi connectivity index (χ0v) is 10.5. The number of carbonyl (C=O) groups is 1. The van der Waals surface area contributed by atoms with Crippen molar-refractivity contribution in [1.82, 2.24) is 0 Å². The summed E-state index contributed by atoms with van der Waals surface area (Å²) in [5.74, 6) is -1.22. The maximum absolute atomic E-state index is 12.7. The Bertz CT molecular complexity index is 443. The number of alkyl halides is 3. The zero-order valence-electron chi connectivity index (χ0n) is 8.89. The molecule has 0 fully saturated rings. The lowest BCUT2D eigenvalue weighted by Crippen LogP contribution is -2.11. The Morgan fingerprint density at radius 3 is 2.29 bits per heavy atom. The maximum atomic E-state index is 12.7. The maximum Gasteiger partial charge on any atom is 0.420 e. The molecule has 0 bridgehead atoms. The van der Waals surface area contributed by atoms with Gasteiger partial charge in [0.1, 0.15) is 5.75 Å². The van der Waals surface area contributed by atoms with Crippen molar-refractivity contribution in [3.63, 3.8) is 0 Å². The van der Waals surface area contributed by atoms with Crippen LogP contribution in [0.1, 0.15) is 15.9 Å². The third-order valence-corrected chi connectivity index (χ3v) is 2.56. The van der Waals surface area contributed by atoms with Crippen LogP contribution in [0.4, 0.5) is 13.2 Å². The van der Waals surface area contributed by atoms with Crippen molar-refractivity contribution in [3.8, 4) is 5.75 Å². The van der Waals surface area contributed by atoms with E-state index in [4.69, 9.17) is 0 Å². The first-order valence-electron chi connectivity index (χ1n) is 4.34. The summed E-state index contributed by atoms with van der Waals surface area (Å²) >= 11 is 2.92. The lowest BCUT2D eigenvalue weighted by atomic mass is 10.1. The number of carbonyl (C=O) groups excluding carboxylic acids is 1. The van der Waals surface area contributed by atoms with Gasteiger partial charge in [0, 0.05) is 0 Å². The van der Waals surface area contributed by atoms with Crippen molar-refractivity contribution in [1.29, 1.82) is 0 Å². The van der Waals surface area contributed by atoms with E-state index in [0.29, 0.717) is 6.07 Å². The predicted molar refractivity (Wildman–Crippen MR) is 57.0 cm³/mol. The molecule has 3 nitrogen and oxygen atoms in total. The minimum atomic E-state index is -4.61. The van der Waals surface area contributed by atoms with Crippen LogP contribution in [0, 0.1) is 0 Å². The first kappa shape index (κ1) is 13.8. The molecule has 0 aliphatic heterocycles. The van der Waals surface area contributed by atoms with Crippen LogP contribution in [-0.2, 0) is 10.9 Å². The van der Waals surface area contributed by atoms with Crippen molar-refractivity contribution in [2.24, 2.45) is 0 Å². The lowest BCUT2D eigenvalue weighted by Gasteiger charge is -2.14. The van der Waals surface area contributed by atoms with Crippen molar-refractivity contribution in [3.05, 3.63) is 27.7 Å².